The summed E-state index contributed by atoms with van der Waals surface area (Å²) in [6, 6.07) is 7.38. The Kier molecular flexibility index (Phi) is 11.6. The largest absolute Gasteiger partial charge is 0.356 e. The predicted octanol–water partition coefficient (Wildman–Crippen LogP) is 1.54. The molecule has 0 aliphatic heterocycles. The molecular formula is C18H30IN5O2. The number of hydrogen-bond acceptors (Lipinski definition) is 3. The van der Waals surface area contributed by atoms with Gasteiger partial charge in [0.1, 0.15) is 0 Å². The van der Waals surface area contributed by atoms with Crippen LogP contribution in [0.3, 0.4) is 0 Å². The van der Waals surface area contributed by atoms with E-state index in [0.29, 0.717) is 18.1 Å². The molecule has 1 aromatic carbocycles. The monoisotopic (exact) mass is 475 g/mol. The van der Waals surface area contributed by atoms with E-state index in [1.54, 1.807) is 45.2 Å². The molecule has 0 heterocycles. The average Bonchev–Trinajstić information content (AvgIpc) is 2.60. The molecule has 2 amide bonds. The highest BCUT2D eigenvalue weighted by atomic mass is 127. The fourth-order valence-corrected chi connectivity index (χ4v) is 1.92. The predicted molar refractivity (Wildman–Crippen MR) is 116 cm³/mol. The Hall–Kier alpha value is -1.84. The van der Waals surface area contributed by atoms with Crippen molar-refractivity contribution >= 4 is 41.8 Å². The summed E-state index contributed by atoms with van der Waals surface area (Å²) in [6.07, 6.45) is 0.962. The second-order valence-corrected chi connectivity index (χ2v) is 6.13. The molecular weight excluding hydrogens is 445 g/mol. The van der Waals surface area contributed by atoms with Crippen molar-refractivity contribution in [1.29, 1.82) is 0 Å². The number of likely N-dealkylation sites (N-methyl/N-ethyl adjacent to an activating group) is 1. The van der Waals surface area contributed by atoms with Crippen molar-refractivity contribution in [2.45, 2.75) is 19.9 Å². The molecule has 0 fully saturated rings. The molecule has 7 nitrogen and oxygen atoms in total. The third-order valence-electron chi connectivity index (χ3n) is 3.48. The molecule has 26 heavy (non-hydrogen) atoms. The van der Waals surface area contributed by atoms with Crippen LogP contribution in [0.25, 0.3) is 0 Å². The Morgan fingerprint density at radius 3 is 2.12 bits per heavy atom. The number of nitrogens with one attached hydrogen (secondary N) is 2. The highest BCUT2D eigenvalue weighted by Crippen LogP contribution is 2.07. The van der Waals surface area contributed by atoms with Gasteiger partial charge in [0, 0.05) is 40.3 Å². The van der Waals surface area contributed by atoms with Crippen LogP contribution in [-0.4, -0.2) is 68.9 Å². The molecule has 8 heteroatoms. The van der Waals surface area contributed by atoms with E-state index >= 15 is 0 Å². The van der Waals surface area contributed by atoms with Gasteiger partial charge in [0.05, 0.1) is 13.1 Å². The molecule has 146 valence electrons. The van der Waals surface area contributed by atoms with Crippen molar-refractivity contribution < 1.29 is 9.59 Å². The van der Waals surface area contributed by atoms with E-state index in [1.807, 2.05) is 12.1 Å². The lowest BCUT2D eigenvalue weighted by molar-refractivity contribution is -0.127. The number of aliphatic imine (C=N–C) groups is 1. The van der Waals surface area contributed by atoms with E-state index < -0.39 is 0 Å². The topological polar surface area (TPSA) is 77.0 Å². The van der Waals surface area contributed by atoms with Crippen molar-refractivity contribution in [2.75, 3.05) is 41.3 Å². The summed E-state index contributed by atoms with van der Waals surface area (Å²) >= 11 is 0. The molecule has 0 unspecified atom stereocenters. The van der Waals surface area contributed by atoms with Gasteiger partial charge in [-0.1, -0.05) is 19.1 Å². The molecule has 0 radical (unpaired) electrons. The maximum absolute atomic E-state index is 11.9. The van der Waals surface area contributed by atoms with Gasteiger partial charge in [-0.2, -0.15) is 0 Å². The SMILES string of the molecule is CCCNC(=NCc1ccc(C(=O)N(C)C)cc1)NCC(=O)N(C)C.I. The molecule has 0 bridgehead atoms. The quantitative estimate of drug-likeness (QED) is 0.357. The smallest absolute Gasteiger partial charge is 0.253 e. The summed E-state index contributed by atoms with van der Waals surface area (Å²) in [5.41, 5.74) is 1.64. The van der Waals surface area contributed by atoms with E-state index in [1.165, 1.54) is 4.90 Å². The number of guanidine groups is 1. The Morgan fingerprint density at radius 1 is 1.00 bits per heavy atom. The van der Waals surface area contributed by atoms with Crippen LogP contribution in [0.2, 0.25) is 0 Å². The number of rotatable bonds is 7. The van der Waals surface area contributed by atoms with Gasteiger partial charge in [0.25, 0.3) is 5.91 Å². The third kappa shape index (κ3) is 8.50. The van der Waals surface area contributed by atoms with Gasteiger partial charge in [-0.25, -0.2) is 4.99 Å². The van der Waals surface area contributed by atoms with Crippen LogP contribution in [0, 0.1) is 0 Å². The Morgan fingerprint density at radius 2 is 1.62 bits per heavy atom. The van der Waals surface area contributed by atoms with Crippen LogP contribution >= 0.6 is 24.0 Å². The molecule has 2 N–H and O–H groups in total. The summed E-state index contributed by atoms with van der Waals surface area (Å²) in [6.45, 7) is 3.50. The van der Waals surface area contributed by atoms with Crippen molar-refractivity contribution in [3.05, 3.63) is 35.4 Å². The molecule has 0 aliphatic carbocycles. The lowest BCUT2D eigenvalue weighted by Crippen LogP contribution is -2.43. The van der Waals surface area contributed by atoms with Crippen LogP contribution in [0.15, 0.2) is 29.3 Å². The standard InChI is InChI=1S/C18H29N5O2.HI/c1-6-11-19-18(21-13-16(24)22(2)3)20-12-14-7-9-15(10-8-14)17(25)23(4)5;/h7-10H,6,11-13H2,1-5H3,(H2,19,20,21);1H. The minimum atomic E-state index is -0.0239. The first kappa shape index (κ1) is 24.2. The molecule has 0 aromatic heterocycles. The van der Waals surface area contributed by atoms with Gasteiger partial charge in [-0.15, -0.1) is 24.0 Å². The minimum Gasteiger partial charge on any atom is -0.356 e. The first-order chi connectivity index (χ1) is 11.8. The zero-order valence-corrected chi connectivity index (χ0v) is 18.5. The van der Waals surface area contributed by atoms with E-state index in [4.69, 9.17) is 0 Å². The average molecular weight is 475 g/mol. The van der Waals surface area contributed by atoms with Crippen LogP contribution in [-0.2, 0) is 11.3 Å². The molecule has 1 rings (SSSR count). The second-order valence-electron chi connectivity index (χ2n) is 6.13. The van der Waals surface area contributed by atoms with Gasteiger partial charge in [0.15, 0.2) is 5.96 Å². The van der Waals surface area contributed by atoms with Crippen LogP contribution in [0.1, 0.15) is 29.3 Å². The van der Waals surface area contributed by atoms with Crippen molar-refractivity contribution in [1.82, 2.24) is 20.4 Å². The fraction of sp³-hybridized carbons (Fsp3) is 0.500. The van der Waals surface area contributed by atoms with Gasteiger partial charge >= 0.3 is 0 Å². The first-order valence-corrected chi connectivity index (χ1v) is 8.38. The van der Waals surface area contributed by atoms with E-state index in [9.17, 15) is 9.59 Å². The summed E-state index contributed by atoms with van der Waals surface area (Å²) in [5, 5.41) is 6.22. The zero-order chi connectivity index (χ0) is 18.8. The summed E-state index contributed by atoms with van der Waals surface area (Å²) in [4.78, 5) is 31.2. The summed E-state index contributed by atoms with van der Waals surface area (Å²) < 4.78 is 0. The van der Waals surface area contributed by atoms with E-state index in [0.717, 1.165) is 18.5 Å². The Balaban J connectivity index is 0.00000625. The summed E-state index contributed by atoms with van der Waals surface area (Å²) in [7, 11) is 6.90. The molecule has 1 aromatic rings. The lowest BCUT2D eigenvalue weighted by Gasteiger charge is -2.14. The van der Waals surface area contributed by atoms with Gasteiger partial charge in [-0.05, 0) is 24.1 Å². The molecule has 0 aliphatic rings. The van der Waals surface area contributed by atoms with Gasteiger partial charge in [-0.3, -0.25) is 9.59 Å². The maximum atomic E-state index is 11.9. The van der Waals surface area contributed by atoms with Crippen molar-refractivity contribution in [3.8, 4) is 0 Å². The molecule has 0 saturated carbocycles. The second kappa shape index (κ2) is 12.5. The highest BCUT2D eigenvalue weighted by Gasteiger charge is 2.08. The fourth-order valence-electron chi connectivity index (χ4n) is 1.92. The van der Waals surface area contributed by atoms with E-state index in [-0.39, 0.29) is 42.3 Å². The van der Waals surface area contributed by atoms with Gasteiger partial charge in [0.2, 0.25) is 5.91 Å². The number of carbonyl (C=O) groups excluding carboxylic acids is 2. The van der Waals surface area contributed by atoms with E-state index in [2.05, 4.69) is 22.5 Å². The first-order valence-electron chi connectivity index (χ1n) is 8.38. The molecule has 0 spiro atoms. The Bertz CT molecular complexity index is 600. The third-order valence-corrected chi connectivity index (χ3v) is 3.48. The lowest BCUT2D eigenvalue weighted by atomic mass is 10.1. The van der Waals surface area contributed by atoms with Crippen molar-refractivity contribution in [3.63, 3.8) is 0 Å². The number of nitrogens with zero attached hydrogens (tertiary/aromatic N) is 3. The normalized spacial score (nSPS) is 10.6. The van der Waals surface area contributed by atoms with Crippen LogP contribution in [0.5, 0.6) is 0 Å². The number of hydrogen-bond donors (Lipinski definition) is 2. The highest BCUT2D eigenvalue weighted by molar-refractivity contribution is 14.0. The van der Waals surface area contributed by atoms with Crippen LogP contribution in [0.4, 0.5) is 0 Å². The number of benzene rings is 1. The molecule has 0 saturated heterocycles. The number of amides is 2. The van der Waals surface area contributed by atoms with Crippen molar-refractivity contribution in [2.24, 2.45) is 4.99 Å². The minimum absolute atomic E-state index is 0. The number of halogens is 1. The maximum Gasteiger partial charge on any atom is 0.253 e. The summed E-state index contributed by atoms with van der Waals surface area (Å²) in [5.74, 6) is 0.562. The number of carbonyl (C=O) groups is 2. The Labute approximate surface area is 173 Å². The molecule has 0 atom stereocenters. The van der Waals surface area contributed by atoms with Crippen LogP contribution < -0.4 is 10.6 Å². The van der Waals surface area contributed by atoms with Gasteiger partial charge < -0.3 is 20.4 Å². The zero-order valence-electron chi connectivity index (χ0n) is 16.2.